The van der Waals surface area contributed by atoms with Crippen molar-refractivity contribution in [3.05, 3.63) is 41.7 Å². The standard InChI is InChI=1S/C21H26N4O5S/c1-5-29-20(26)18-11-16-10-14(15-8-9-30-21(2,3)12-15)6-7-17(16)25(18)31(27,28)19-13-22-24(4)23-19/h6-7,10-11,13,15H,5,8-9,12H2,1-4H3. The molecule has 1 aliphatic heterocycles. The number of aryl methyl sites for hydroxylation is 1. The summed E-state index contributed by atoms with van der Waals surface area (Å²) >= 11 is 0. The molecular formula is C21H26N4O5S. The highest BCUT2D eigenvalue weighted by molar-refractivity contribution is 7.90. The second-order valence-electron chi connectivity index (χ2n) is 8.31. The first-order chi connectivity index (χ1) is 14.6. The zero-order valence-corrected chi connectivity index (χ0v) is 18.8. The number of esters is 1. The van der Waals surface area contributed by atoms with Gasteiger partial charge in [-0.05, 0) is 63.3 Å². The molecule has 0 spiro atoms. The Morgan fingerprint density at radius 1 is 1.32 bits per heavy atom. The molecule has 9 nitrogen and oxygen atoms in total. The van der Waals surface area contributed by atoms with Crippen LogP contribution in [0.4, 0.5) is 0 Å². The van der Waals surface area contributed by atoms with E-state index in [0.717, 1.165) is 33.4 Å². The van der Waals surface area contributed by atoms with Gasteiger partial charge in [0.15, 0.2) is 0 Å². The Bertz CT molecular complexity index is 1240. The van der Waals surface area contributed by atoms with E-state index in [1.165, 1.54) is 7.05 Å². The Morgan fingerprint density at radius 3 is 2.74 bits per heavy atom. The first-order valence-corrected chi connectivity index (χ1v) is 11.6. The molecule has 3 heterocycles. The van der Waals surface area contributed by atoms with E-state index in [-0.39, 0.29) is 22.9 Å². The summed E-state index contributed by atoms with van der Waals surface area (Å²) in [5.74, 6) is -0.418. The Balaban J connectivity index is 1.86. The van der Waals surface area contributed by atoms with Gasteiger partial charge in [0.2, 0.25) is 5.03 Å². The maximum absolute atomic E-state index is 13.3. The van der Waals surface area contributed by atoms with E-state index in [4.69, 9.17) is 9.47 Å². The van der Waals surface area contributed by atoms with E-state index in [0.29, 0.717) is 23.4 Å². The molecule has 0 bridgehead atoms. The van der Waals surface area contributed by atoms with Crippen LogP contribution in [0.3, 0.4) is 0 Å². The number of hydrogen-bond donors (Lipinski definition) is 0. The SMILES string of the molecule is CCOC(=O)c1cc2cc(C3CCOC(C)(C)C3)ccc2n1S(=O)(=O)c1cnn(C)n1. The highest BCUT2D eigenvalue weighted by atomic mass is 32.2. The van der Waals surface area contributed by atoms with Crippen molar-refractivity contribution >= 4 is 26.9 Å². The van der Waals surface area contributed by atoms with Crippen molar-refractivity contribution in [1.82, 2.24) is 19.0 Å². The van der Waals surface area contributed by atoms with E-state index in [1.807, 2.05) is 12.1 Å². The molecule has 1 saturated heterocycles. The number of benzene rings is 1. The normalized spacial score (nSPS) is 18.9. The third-order valence-corrected chi connectivity index (χ3v) is 7.11. The van der Waals surface area contributed by atoms with Crippen molar-refractivity contribution in [2.24, 2.45) is 7.05 Å². The van der Waals surface area contributed by atoms with Gasteiger partial charge in [-0.3, -0.25) is 0 Å². The summed E-state index contributed by atoms with van der Waals surface area (Å²) in [5.41, 5.74) is 1.21. The predicted octanol–water partition coefficient (Wildman–Crippen LogP) is 2.86. The minimum absolute atomic E-state index is 0.0630. The minimum atomic E-state index is -4.15. The highest BCUT2D eigenvalue weighted by Crippen LogP contribution is 2.37. The zero-order valence-electron chi connectivity index (χ0n) is 18.0. The molecule has 4 rings (SSSR count). The molecule has 166 valence electrons. The van der Waals surface area contributed by atoms with Gasteiger partial charge in [-0.1, -0.05) is 6.07 Å². The molecule has 10 heteroatoms. The van der Waals surface area contributed by atoms with Gasteiger partial charge < -0.3 is 9.47 Å². The molecule has 0 amide bonds. The van der Waals surface area contributed by atoms with Gasteiger partial charge in [-0.15, -0.1) is 5.10 Å². The van der Waals surface area contributed by atoms with Crippen molar-refractivity contribution in [2.75, 3.05) is 13.2 Å². The molecule has 31 heavy (non-hydrogen) atoms. The summed E-state index contributed by atoms with van der Waals surface area (Å²) in [4.78, 5) is 13.8. The number of carbonyl (C=O) groups is 1. The van der Waals surface area contributed by atoms with Crippen LogP contribution in [0.15, 0.2) is 35.5 Å². The fourth-order valence-corrected chi connectivity index (χ4v) is 5.52. The van der Waals surface area contributed by atoms with Crippen LogP contribution < -0.4 is 0 Å². The molecule has 0 saturated carbocycles. The van der Waals surface area contributed by atoms with Crippen LogP contribution in [0.25, 0.3) is 10.9 Å². The van der Waals surface area contributed by atoms with Crippen LogP contribution in [0.2, 0.25) is 0 Å². The lowest BCUT2D eigenvalue weighted by molar-refractivity contribution is -0.0592. The molecule has 1 aromatic carbocycles. The third kappa shape index (κ3) is 3.97. The molecule has 0 N–H and O–H groups in total. The molecule has 0 aliphatic carbocycles. The lowest BCUT2D eigenvalue weighted by Gasteiger charge is -2.35. The van der Waals surface area contributed by atoms with Crippen LogP contribution in [-0.4, -0.2) is 52.2 Å². The average molecular weight is 447 g/mol. The monoisotopic (exact) mass is 446 g/mol. The van der Waals surface area contributed by atoms with Crippen LogP contribution in [0.1, 0.15) is 55.6 Å². The summed E-state index contributed by atoms with van der Waals surface area (Å²) < 4.78 is 38.6. The summed E-state index contributed by atoms with van der Waals surface area (Å²) in [6.07, 6.45) is 2.91. The van der Waals surface area contributed by atoms with Gasteiger partial charge in [0.25, 0.3) is 10.0 Å². The van der Waals surface area contributed by atoms with E-state index >= 15 is 0 Å². The van der Waals surface area contributed by atoms with Crippen LogP contribution in [-0.2, 0) is 26.5 Å². The molecule has 1 atom stereocenters. The molecule has 1 aliphatic rings. The number of hydrogen-bond acceptors (Lipinski definition) is 7. The maximum atomic E-state index is 13.3. The number of nitrogens with zero attached hydrogens (tertiary/aromatic N) is 4. The molecular weight excluding hydrogens is 420 g/mol. The highest BCUT2D eigenvalue weighted by Gasteiger charge is 2.32. The van der Waals surface area contributed by atoms with Crippen molar-refractivity contribution in [3.8, 4) is 0 Å². The quantitative estimate of drug-likeness (QED) is 0.555. The second kappa shape index (κ2) is 7.76. The van der Waals surface area contributed by atoms with Gasteiger partial charge in [0.1, 0.15) is 5.69 Å². The summed E-state index contributed by atoms with van der Waals surface area (Å²) in [7, 11) is -2.62. The molecule has 3 aromatic rings. The van der Waals surface area contributed by atoms with Gasteiger partial charge in [0, 0.05) is 19.0 Å². The van der Waals surface area contributed by atoms with E-state index in [1.54, 1.807) is 19.1 Å². The van der Waals surface area contributed by atoms with Crippen LogP contribution in [0, 0.1) is 0 Å². The fraction of sp³-hybridized carbons (Fsp3) is 0.476. The maximum Gasteiger partial charge on any atom is 0.356 e. The third-order valence-electron chi connectivity index (χ3n) is 5.52. The largest absolute Gasteiger partial charge is 0.461 e. The summed E-state index contributed by atoms with van der Waals surface area (Å²) in [5, 5.41) is 8.19. The number of ether oxygens (including phenoxy) is 2. The van der Waals surface area contributed by atoms with Crippen molar-refractivity contribution in [1.29, 1.82) is 0 Å². The smallest absolute Gasteiger partial charge is 0.356 e. The summed E-state index contributed by atoms with van der Waals surface area (Å²) in [6.45, 7) is 6.62. The minimum Gasteiger partial charge on any atom is -0.461 e. The lowest BCUT2D eigenvalue weighted by atomic mass is 9.83. The first-order valence-electron chi connectivity index (χ1n) is 10.2. The number of aromatic nitrogens is 4. The van der Waals surface area contributed by atoms with Gasteiger partial charge >= 0.3 is 5.97 Å². The van der Waals surface area contributed by atoms with Crippen molar-refractivity contribution < 1.29 is 22.7 Å². The van der Waals surface area contributed by atoms with Gasteiger partial charge in [0.05, 0.1) is 23.9 Å². The Labute approximate surface area is 181 Å². The number of carbonyl (C=O) groups excluding carboxylic acids is 1. The second-order valence-corrected chi connectivity index (χ2v) is 10.0. The lowest BCUT2D eigenvalue weighted by Crippen LogP contribution is -2.32. The molecule has 1 fully saturated rings. The Hall–Kier alpha value is -2.72. The van der Waals surface area contributed by atoms with E-state index < -0.39 is 16.0 Å². The topological polar surface area (TPSA) is 105 Å². The van der Waals surface area contributed by atoms with E-state index in [9.17, 15) is 13.2 Å². The summed E-state index contributed by atoms with van der Waals surface area (Å²) in [6, 6.07) is 7.18. The Morgan fingerprint density at radius 2 is 2.10 bits per heavy atom. The Kier molecular flexibility index (Phi) is 5.38. The van der Waals surface area contributed by atoms with Crippen LogP contribution in [0.5, 0.6) is 0 Å². The van der Waals surface area contributed by atoms with E-state index in [2.05, 4.69) is 24.0 Å². The number of fused-ring (bicyclic) bond motifs is 1. The van der Waals surface area contributed by atoms with Crippen molar-refractivity contribution in [2.45, 2.75) is 50.2 Å². The molecule has 1 unspecified atom stereocenters. The fourth-order valence-electron chi connectivity index (χ4n) is 4.12. The molecule has 2 aromatic heterocycles. The predicted molar refractivity (Wildman–Crippen MR) is 113 cm³/mol. The average Bonchev–Trinajstić information content (AvgIpc) is 3.31. The zero-order chi connectivity index (χ0) is 22.4. The number of rotatable bonds is 5. The van der Waals surface area contributed by atoms with Crippen LogP contribution >= 0.6 is 0 Å². The first kappa shape index (κ1) is 21.5. The van der Waals surface area contributed by atoms with Gasteiger partial charge in [-0.2, -0.15) is 18.3 Å². The molecule has 0 radical (unpaired) electrons. The van der Waals surface area contributed by atoms with Gasteiger partial charge in [-0.25, -0.2) is 8.77 Å². The van der Waals surface area contributed by atoms with Crippen molar-refractivity contribution in [3.63, 3.8) is 0 Å².